The molecule has 0 bridgehead atoms. The second-order valence-corrected chi connectivity index (χ2v) is 5.76. The van der Waals surface area contributed by atoms with Crippen LogP contribution in [0.5, 0.6) is 0 Å². The van der Waals surface area contributed by atoms with Crippen molar-refractivity contribution in [2.24, 2.45) is 22.3 Å². The van der Waals surface area contributed by atoms with Crippen LogP contribution in [0.15, 0.2) is 23.4 Å². The second kappa shape index (κ2) is 4.29. The lowest BCUT2D eigenvalue weighted by atomic mass is 9.49. The van der Waals surface area contributed by atoms with Crippen LogP contribution in [0.25, 0.3) is 0 Å². The molecule has 0 aromatic carbocycles. The van der Waals surface area contributed by atoms with Crippen molar-refractivity contribution in [2.75, 3.05) is 0 Å². The van der Waals surface area contributed by atoms with Crippen LogP contribution >= 0.6 is 0 Å². The van der Waals surface area contributed by atoms with E-state index in [0.717, 1.165) is 37.1 Å². The quantitative estimate of drug-likeness (QED) is 0.377. The summed E-state index contributed by atoms with van der Waals surface area (Å²) in [5.74, 6) is 5.89. The average Bonchev–Trinajstić information content (AvgIpc) is 2.76. The van der Waals surface area contributed by atoms with Crippen molar-refractivity contribution in [3.8, 4) is 0 Å². The van der Waals surface area contributed by atoms with Gasteiger partial charge >= 0.3 is 6.09 Å². The first-order valence-electron chi connectivity index (χ1n) is 6.53. The maximum atomic E-state index is 10.5. The van der Waals surface area contributed by atoms with Crippen molar-refractivity contribution in [1.29, 1.82) is 0 Å². The standard InChI is InChI=1S/C13H18N4O2/c14-17-11(10-2-1-3-15-10)8-4-13(5-8)6-9(7-13)16-12(18)19/h1-3,8-9,15-16H,4-7,14H2,(H,18,19). The minimum absolute atomic E-state index is 0.127. The molecule has 102 valence electrons. The van der Waals surface area contributed by atoms with Crippen molar-refractivity contribution in [1.82, 2.24) is 10.3 Å². The second-order valence-electron chi connectivity index (χ2n) is 5.76. The zero-order valence-corrected chi connectivity index (χ0v) is 10.6. The largest absolute Gasteiger partial charge is 0.465 e. The molecule has 1 amide bonds. The van der Waals surface area contributed by atoms with Crippen LogP contribution in [-0.4, -0.2) is 27.9 Å². The van der Waals surface area contributed by atoms with Crippen LogP contribution in [0.4, 0.5) is 4.79 Å². The molecule has 1 spiro atoms. The van der Waals surface area contributed by atoms with Crippen molar-refractivity contribution < 1.29 is 9.90 Å². The number of nitrogens with two attached hydrogens (primary N) is 1. The lowest BCUT2D eigenvalue weighted by molar-refractivity contribution is -0.0234. The number of amides is 1. The Labute approximate surface area is 111 Å². The Balaban J connectivity index is 1.55. The molecule has 1 heterocycles. The van der Waals surface area contributed by atoms with E-state index in [-0.39, 0.29) is 6.04 Å². The molecule has 1 aromatic heterocycles. The molecule has 0 aliphatic heterocycles. The Morgan fingerprint density at radius 3 is 2.74 bits per heavy atom. The lowest BCUT2D eigenvalue weighted by Crippen LogP contribution is -2.57. The minimum Gasteiger partial charge on any atom is -0.465 e. The van der Waals surface area contributed by atoms with Gasteiger partial charge in [0.2, 0.25) is 0 Å². The van der Waals surface area contributed by atoms with Gasteiger partial charge in [0.1, 0.15) is 0 Å². The first kappa shape index (κ1) is 12.1. The molecule has 19 heavy (non-hydrogen) atoms. The molecule has 6 nitrogen and oxygen atoms in total. The van der Waals surface area contributed by atoms with E-state index in [1.807, 2.05) is 18.3 Å². The number of nitrogens with one attached hydrogen (secondary N) is 2. The number of H-pyrrole nitrogens is 1. The Bertz CT molecular complexity index is 495. The van der Waals surface area contributed by atoms with Gasteiger partial charge < -0.3 is 21.2 Å². The van der Waals surface area contributed by atoms with E-state index in [2.05, 4.69) is 15.4 Å². The highest BCUT2D eigenvalue weighted by Crippen LogP contribution is 2.59. The molecule has 3 rings (SSSR count). The fourth-order valence-electron chi connectivity index (χ4n) is 3.66. The molecular formula is C13H18N4O2. The third-order valence-corrected chi connectivity index (χ3v) is 4.44. The number of hydrogen-bond acceptors (Lipinski definition) is 3. The van der Waals surface area contributed by atoms with Gasteiger partial charge in [-0.05, 0) is 43.2 Å². The van der Waals surface area contributed by atoms with E-state index < -0.39 is 6.09 Å². The Kier molecular flexibility index (Phi) is 2.73. The number of aromatic nitrogens is 1. The molecule has 0 unspecified atom stereocenters. The summed E-state index contributed by atoms with van der Waals surface area (Å²) < 4.78 is 0. The molecule has 2 fully saturated rings. The van der Waals surface area contributed by atoms with Gasteiger partial charge in [0, 0.05) is 18.2 Å². The maximum Gasteiger partial charge on any atom is 0.404 e. The zero-order valence-electron chi connectivity index (χ0n) is 10.6. The molecule has 2 aliphatic rings. The number of hydrogen-bond donors (Lipinski definition) is 4. The normalized spacial score (nSPS) is 33.6. The fourth-order valence-corrected chi connectivity index (χ4v) is 3.66. The number of aromatic amines is 1. The Morgan fingerprint density at radius 1 is 1.47 bits per heavy atom. The highest BCUT2D eigenvalue weighted by Gasteiger charge is 2.54. The molecule has 2 aliphatic carbocycles. The molecule has 0 saturated heterocycles. The molecule has 0 atom stereocenters. The Morgan fingerprint density at radius 2 is 2.21 bits per heavy atom. The van der Waals surface area contributed by atoms with Gasteiger partial charge in [-0.3, -0.25) is 0 Å². The molecule has 1 aromatic rings. The maximum absolute atomic E-state index is 10.5. The lowest BCUT2D eigenvalue weighted by Gasteiger charge is -2.57. The summed E-state index contributed by atoms with van der Waals surface area (Å²) >= 11 is 0. The highest BCUT2D eigenvalue weighted by molar-refractivity contribution is 6.01. The predicted octanol–water partition coefficient (Wildman–Crippen LogP) is 1.50. The van der Waals surface area contributed by atoms with Crippen molar-refractivity contribution in [3.63, 3.8) is 0 Å². The summed E-state index contributed by atoms with van der Waals surface area (Å²) in [7, 11) is 0. The van der Waals surface area contributed by atoms with Gasteiger partial charge in [-0.25, -0.2) is 4.79 Å². The van der Waals surface area contributed by atoms with Gasteiger partial charge in [0.25, 0.3) is 0 Å². The van der Waals surface area contributed by atoms with E-state index in [9.17, 15) is 4.79 Å². The van der Waals surface area contributed by atoms with E-state index in [0.29, 0.717) is 11.3 Å². The third-order valence-electron chi connectivity index (χ3n) is 4.44. The summed E-state index contributed by atoms with van der Waals surface area (Å²) in [4.78, 5) is 13.7. The monoisotopic (exact) mass is 262 g/mol. The van der Waals surface area contributed by atoms with Gasteiger partial charge in [0.15, 0.2) is 0 Å². The summed E-state index contributed by atoms with van der Waals surface area (Å²) in [5, 5.41) is 15.1. The fraction of sp³-hybridized carbons (Fsp3) is 0.538. The van der Waals surface area contributed by atoms with Crippen molar-refractivity contribution in [2.45, 2.75) is 31.7 Å². The smallest absolute Gasteiger partial charge is 0.404 e. The molecular weight excluding hydrogens is 244 g/mol. The van der Waals surface area contributed by atoms with Gasteiger partial charge in [-0.2, -0.15) is 5.10 Å². The number of carbonyl (C=O) groups is 1. The first-order chi connectivity index (χ1) is 9.12. The van der Waals surface area contributed by atoms with Crippen LogP contribution in [-0.2, 0) is 0 Å². The predicted molar refractivity (Wildman–Crippen MR) is 70.9 cm³/mol. The Hall–Kier alpha value is -1.98. The van der Waals surface area contributed by atoms with Gasteiger partial charge in [0.05, 0.1) is 11.4 Å². The van der Waals surface area contributed by atoms with Crippen LogP contribution in [0, 0.1) is 11.3 Å². The minimum atomic E-state index is -0.925. The summed E-state index contributed by atoms with van der Waals surface area (Å²) in [5.41, 5.74) is 2.24. The number of carboxylic acid groups (broad SMARTS) is 1. The third kappa shape index (κ3) is 2.07. The van der Waals surface area contributed by atoms with E-state index in [1.165, 1.54) is 0 Å². The summed E-state index contributed by atoms with van der Waals surface area (Å²) in [6.07, 6.45) is 4.94. The van der Waals surface area contributed by atoms with Crippen LogP contribution < -0.4 is 11.2 Å². The topological polar surface area (TPSA) is 103 Å². The molecule has 6 heteroatoms. The number of rotatable bonds is 3. The summed E-state index contributed by atoms with van der Waals surface area (Å²) in [6.45, 7) is 0. The average molecular weight is 262 g/mol. The van der Waals surface area contributed by atoms with E-state index in [1.54, 1.807) is 0 Å². The van der Waals surface area contributed by atoms with Gasteiger partial charge in [-0.15, -0.1) is 0 Å². The van der Waals surface area contributed by atoms with Gasteiger partial charge in [-0.1, -0.05) is 0 Å². The number of nitrogens with zero attached hydrogens (tertiary/aromatic N) is 1. The van der Waals surface area contributed by atoms with Crippen molar-refractivity contribution in [3.05, 3.63) is 24.0 Å². The van der Waals surface area contributed by atoms with E-state index in [4.69, 9.17) is 10.9 Å². The molecule has 0 radical (unpaired) electrons. The first-order valence-corrected chi connectivity index (χ1v) is 6.53. The highest BCUT2D eigenvalue weighted by atomic mass is 16.4. The van der Waals surface area contributed by atoms with Crippen LogP contribution in [0.3, 0.4) is 0 Å². The SMILES string of the molecule is NN=C(c1ccc[nH]1)C1CC2(CC(NC(=O)O)C2)C1. The molecule has 5 N–H and O–H groups in total. The van der Waals surface area contributed by atoms with Crippen LogP contribution in [0.2, 0.25) is 0 Å². The van der Waals surface area contributed by atoms with Crippen molar-refractivity contribution >= 4 is 11.8 Å². The summed E-state index contributed by atoms with van der Waals surface area (Å²) in [6, 6.07) is 4.04. The van der Waals surface area contributed by atoms with E-state index >= 15 is 0 Å². The zero-order chi connectivity index (χ0) is 13.5. The van der Waals surface area contributed by atoms with Crippen LogP contribution in [0.1, 0.15) is 31.4 Å². The number of hydrazone groups is 1. The molecule has 2 saturated carbocycles.